The van der Waals surface area contributed by atoms with Crippen LogP contribution in [0.3, 0.4) is 0 Å². The van der Waals surface area contributed by atoms with E-state index in [1.54, 1.807) is 26.8 Å². The molecule has 0 aromatic heterocycles. The molecule has 89 heavy (non-hydrogen) atoms. The fraction of sp³-hybridized carbons (Fsp3) is 0.935. The van der Waals surface area contributed by atoms with Gasteiger partial charge in [0.05, 0.1) is 49.1 Å². The molecule has 0 amide bonds. The van der Waals surface area contributed by atoms with Gasteiger partial charge in [0.2, 0.25) is 0 Å². The van der Waals surface area contributed by atoms with E-state index in [-0.39, 0.29) is 24.7 Å². The third-order valence-corrected chi connectivity index (χ3v) is 24.3. The van der Waals surface area contributed by atoms with Crippen molar-refractivity contribution in [3.05, 3.63) is 11.6 Å². The fourth-order valence-corrected chi connectivity index (χ4v) is 19.1. The number of allylic oxidation sites excluding steroid dienone is 1. The molecule has 5 aliphatic heterocycles. The maximum absolute atomic E-state index is 13.6. The van der Waals surface area contributed by atoms with Gasteiger partial charge in [0.15, 0.2) is 37.6 Å². The van der Waals surface area contributed by atoms with Gasteiger partial charge in [0.1, 0.15) is 97.7 Å². The summed E-state index contributed by atoms with van der Waals surface area (Å²) in [7, 11) is 0. The number of aliphatic hydroxyl groups excluding tert-OH is 14. The number of ether oxygens (including phenoxy) is 11. The van der Waals surface area contributed by atoms with Gasteiger partial charge in [-0.25, -0.2) is 4.79 Å². The first-order valence-electron chi connectivity index (χ1n) is 31.9. The molecule has 27 nitrogen and oxygen atoms in total. The first-order chi connectivity index (χ1) is 41.6. The topological polar surface area (TPSA) is 419 Å². The summed E-state index contributed by atoms with van der Waals surface area (Å²) in [4.78, 5) is 27.1. The standard InChI is InChI=1S/C62H100O27/c1-12-25(3)50(77)88-48-49(84-35(67)13-2)62-32(20-56(48,5)6)61(89-55(62)78)19-15-31-58(9)17-16-34(57(7,8)30(58)14-18-59(31,10)60(61,11)21-33(62)66)83-54-47(87-52-44(76)41(73)37(69)27(22-63)80-52)45(39(71)29(24-65)82-54)85-53-46(42(74)38(70)28(23-64)81-53)86-51-43(75)40(72)36(68)26(4)79-51/h12,26-34,36-49,51-55,63-66,68-76,78H,13-24H2,1-11H3/b25-12+/t26-,27+,28+,29+,30?,31?,32?,33+,34-,36-,37-,38-,39+,40+,41-,42-,43+,44+,45-,46+,47+,48-,49-,51-,52-,53-,54-,55-,58-,59+,60-,61-,62+/m0/s1. The van der Waals surface area contributed by atoms with Gasteiger partial charge in [-0.2, -0.15) is 0 Å². The van der Waals surface area contributed by atoms with Gasteiger partial charge in [0.25, 0.3) is 0 Å². The van der Waals surface area contributed by atoms with Gasteiger partial charge in [-0.3, -0.25) is 4.79 Å². The maximum atomic E-state index is 13.6. The molecule has 3 unspecified atom stereocenters. The second-order valence-corrected chi connectivity index (χ2v) is 29.4. The zero-order chi connectivity index (χ0) is 65.4. The molecule has 5 aliphatic carbocycles. The van der Waals surface area contributed by atoms with Gasteiger partial charge < -0.3 is 124 Å². The van der Waals surface area contributed by atoms with Crippen molar-refractivity contribution in [2.75, 3.05) is 19.8 Å². The largest absolute Gasteiger partial charge is 0.457 e. The summed E-state index contributed by atoms with van der Waals surface area (Å²) in [5.41, 5.74) is -5.57. The quantitative estimate of drug-likeness (QED) is 0.0500. The van der Waals surface area contributed by atoms with Crippen molar-refractivity contribution < 1.29 is 133 Å². The molecule has 5 heterocycles. The number of carbonyl (C=O) groups excluding carboxylic acids is 2. The van der Waals surface area contributed by atoms with E-state index < -0.39 is 229 Å². The van der Waals surface area contributed by atoms with E-state index in [9.17, 15) is 81.1 Å². The van der Waals surface area contributed by atoms with Crippen molar-refractivity contribution in [1.29, 1.82) is 0 Å². The first kappa shape index (κ1) is 69.6. The Morgan fingerprint density at radius 1 is 0.551 bits per heavy atom. The summed E-state index contributed by atoms with van der Waals surface area (Å²) >= 11 is 0. The lowest BCUT2D eigenvalue weighted by molar-refractivity contribution is -0.409. The molecule has 33 atom stereocenters. The van der Waals surface area contributed by atoms with Gasteiger partial charge in [-0.15, -0.1) is 0 Å². The van der Waals surface area contributed by atoms with E-state index in [1.165, 1.54) is 6.92 Å². The second kappa shape index (κ2) is 25.1. The molecule has 27 heteroatoms. The van der Waals surface area contributed by atoms with Crippen LogP contribution in [-0.2, 0) is 61.7 Å². The minimum atomic E-state index is -2.02. The Morgan fingerprint density at radius 3 is 1.70 bits per heavy atom. The van der Waals surface area contributed by atoms with Gasteiger partial charge in [0, 0.05) is 28.7 Å². The number of carbonyl (C=O) groups is 2. The van der Waals surface area contributed by atoms with E-state index in [0.717, 1.165) is 0 Å². The van der Waals surface area contributed by atoms with Crippen molar-refractivity contribution in [2.24, 2.45) is 50.2 Å². The molecule has 2 bridgehead atoms. The van der Waals surface area contributed by atoms with E-state index in [1.807, 2.05) is 13.8 Å². The van der Waals surface area contributed by atoms with Crippen LogP contribution < -0.4 is 0 Å². The lowest BCUT2D eigenvalue weighted by Crippen LogP contribution is -2.77. The number of fused-ring (bicyclic) bond motifs is 4. The first-order valence-corrected chi connectivity index (χ1v) is 31.9. The van der Waals surface area contributed by atoms with Crippen LogP contribution in [0.25, 0.3) is 0 Å². The minimum absolute atomic E-state index is 0.00296. The maximum Gasteiger partial charge on any atom is 0.333 e. The number of hydrogen-bond acceptors (Lipinski definition) is 27. The number of hydrogen-bond donors (Lipinski definition) is 14. The Balaban J connectivity index is 0.963. The number of rotatable bonds is 15. The summed E-state index contributed by atoms with van der Waals surface area (Å²) < 4.78 is 69.7. The molecule has 14 N–H and O–H groups in total. The van der Waals surface area contributed by atoms with Gasteiger partial charge in [-0.1, -0.05) is 61.5 Å². The molecule has 0 radical (unpaired) electrons. The third-order valence-electron chi connectivity index (χ3n) is 24.3. The zero-order valence-electron chi connectivity index (χ0n) is 52.8. The Labute approximate surface area is 518 Å². The van der Waals surface area contributed by atoms with Gasteiger partial charge in [-0.05, 0) is 100 Å². The lowest BCUT2D eigenvalue weighted by atomic mass is 9.30. The summed E-state index contributed by atoms with van der Waals surface area (Å²) in [6, 6.07) is 0. The Kier molecular flexibility index (Phi) is 19.6. The predicted molar refractivity (Wildman–Crippen MR) is 302 cm³/mol. The van der Waals surface area contributed by atoms with E-state index in [4.69, 9.17) is 52.1 Å². The van der Waals surface area contributed by atoms with Crippen molar-refractivity contribution in [2.45, 2.75) is 293 Å². The van der Waals surface area contributed by atoms with Crippen molar-refractivity contribution >= 4 is 11.9 Å². The summed E-state index contributed by atoms with van der Waals surface area (Å²) in [6.07, 6.45) is -35.9. The molecule has 5 saturated carbocycles. The van der Waals surface area contributed by atoms with Crippen molar-refractivity contribution in [3.8, 4) is 0 Å². The zero-order valence-corrected chi connectivity index (χ0v) is 52.8. The molecular weight excluding hydrogens is 1180 g/mol. The van der Waals surface area contributed by atoms with Crippen LogP contribution in [0.4, 0.5) is 0 Å². The molecule has 5 saturated heterocycles. The SMILES string of the molecule is C/C=C(\C)C(=O)O[C@H]1[C@H](OC(=O)CC)[C@@]23C(CC1(C)C)[C@]1(CCC4[C@@]5(C)CC[C@H](O[C@@H]6O[C@H](CO)[C@@H](O)[C@H](O[C@@H]7O[C@H](CO)[C@H](O)[C@H](O)[C@H]7O[C@@H]7O[C@@H](C)[C@H](O)[C@@H](O)[C@H]7O)[C@H]6O[C@@H]6O[C@H](CO)[C@H](O)[C@H](O)[C@H]6O)C(C)(C)C5CC[C@@]4(C)[C@]1(C)C[C@H]2O)O[C@@H]3O. The predicted octanol–water partition coefficient (Wildman–Crippen LogP) is -1.59. The van der Waals surface area contributed by atoms with Crippen molar-refractivity contribution in [1.82, 2.24) is 0 Å². The Bertz CT molecular complexity index is 2560. The molecular formula is C62H100O27. The highest BCUT2D eigenvalue weighted by atomic mass is 16.8. The smallest absolute Gasteiger partial charge is 0.333 e. The lowest BCUT2D eigenvalue weighted by Gasteiger charge is -2.75. The Hall–Kier alpha value is -2.24. The van der Waals surface area contributed by atoms with E-state index in [0.29, 0.717) is 50.5 Å². The summed E-state index contributed by atoms with van der Waals surface area (Å²) in [5, 5.41) is 157. The normalized spacial score (nSPS) is 53.6. The molecule has 0 aromatic carbocycles. The minimum Gasteiger partial charge on any atom is -0.457 e. The van der Waals surface area contributed by atoms with Gasteiger partial charge >= 0.3 is 11.9 Å². The summed E-state index contributed by atoms with van der Waals surface area (Å²) in [6.45, 7) is 18.6. The summed E-state index contributed by atoms with van der Waals surface area (Å²) in [5.74, 6) is -1.82. The van der Waals surface area contributed by atoms with Crippen LogP contribution in [0, 0.1) is 50.2 Å². The van der Waals surface area contributed by atoms with Crippen LogP contribution >= 0.6 is 0 Å². The fourth-order valence-electron chi connectivity index (χ4n) is 19.1. The monoisotopic (exact) mass is 1280 g/mol. The second-order valence-electron chi connectivity index (χ2n) is 29.4. The van der Waals surface area contributed by atoms with E-state index >= 15 is 0 Å². The highest BCUT2D eigenvalue weighted by Crippen LogP contribution is 2.82. The van der Waals surface area contributed by atoms with Crippen LogP contribution in [0.15, 0.2) is 11.6 Å². The molecule has 0 aromatic rings. The molecule has 10 aliphatic rings. The average molecular weight is 1280 g/mol. The molecule has 10 fully saturated rings. The van der Waals surface area contributed by atoms with Crippen LogP contribution in [0.1, 0.15) is 134 Å². The van der Waals surface area contributed by atoms with Crippen LogP contribution in [0.5, 0.6) is 0 Å². The molecule has 510 valence electrons. The molecule has 10 rings (SSSR count). The number of esters is 2. The average Bonchev–Trinajstić information content (AvgIpc) is 1.56. The number of aliphatic hydroxyl groups is 14. The third kappa shape index (κ3) is 10.7. The van der Waals surface area contributed by atoms with Crippen LogP contribution in [-0.4, -0.2) is 262 Å². The van der Waals surface area contributed by atoms with Crippen molar-refractivity contribution in [3.63, 3.8) is 0 Å². The van der Waals surface area contributed by atoms with Crippen LogP contribution in [0.2, 0.25) is 0 Å². The highest BCUT2D eigenvalue weighted by Gasteiger charge is 2.86. The molecule has 1 spiro atoms. The highest BCUT2D eigenvalue weighted by molar-refractivity contribution is 5.87. The Morgan fingerprint density at radius 2 is 1.09 bits per heavy atom. The van der Waals surface area contributed by atoms with E-state index in [2.05, 4.69) is 34.6 Å².